The molecule has 0 aliphatic carbocycles. The third-order valence-corrected chi connectivity index (χ3v) is 1.97. The van der Waals surface area contributed by atoms with E-state index in [4.69, 9.17) is 15.2 Å². The third kappa shape index (κ3) is 3.18. The summed E-state index contributed by atoms with van der Waals surface area (Å²) >= 11 is 0. The maximum Gasteiger partial charge on any atom is 0.200 e. The molecule has 0 unspecified atom stereocenters. The number of hydrogen-bond donors (Lipinski definition) is 2. The number of phenols is 1. The normalized spacial score (nSPS) is 9.27. The second-order valence-electron chi connectivity index (χ2n) is 2.89. The van der Waals surface area contributed by atoms with E-state index in [1.807, 2.05) is 0 Å². The minimum absolute atomic E-state index is 0. The van der Waals surface area contributed by atoms with E-state index < -0.39 is 0 Å². The van der Waals surface area contributed by atoms with Gasteiger partial charge in [-0.3, -0.25) is 0 Å². The minimum Gasteiger partial charge on any atom is -0.502 e. The average Bonchev–Trinajstić information content (AvgIpc) is 2.20. The van der Waals surface area contributed by atoms with E-state index in [9.17, 15) is 5.11 Å². The summed E-state index contributed by atoms with van der Waals surface area (Å²) in [4.78, 5) is 0. The van der Waals surface area contributed by atoms with Gasteiger partial charge in [0.1, 0.15) is 0 Å². The van der Waals surface area contributed by atoms with Gasteiger partial charge >= 0.3 is 0 Å². The van der Waals surface area contributed by atoms with E-state index in [-0.39, 0.29) is 18.2 Å². The Morgan fingerprint density at radius 1 is 1.20 bits per heavy atom. The molecule has 1 aromatic carbocycles. The molecule has 15 heavy (non-hydrogen) atoms. The number of methoxy groups -OCH3 is 2. The van der Waals surface area contributed by atoms with Crippen LogP contribution < -0.4 is 15.2 Å². The lowest BCUT2D eigenvalue weighted by Crippen LogP contribution is -2.03. The highest BCUT2D eigenvalue weighted by atomic mass is 35.5. The summed E-state index contributed by atoms with van der Waals surface area (Å²) < 4.78 is 10.0. The Labute approximate surface area is 95.4 Å². The second-order valence-corrected chi connectivity index (χ2v) is 2.89. The summed E-state index contributed by atoms with van der Waals surface area (Å²) in [6, 6.07) is 3.51. The summed E-state index contributed by atoms with van der Waals surface area (Å²) in [5.74, 6) is 0.844. The standard InChI is InChI=1S/C10H15NO3.ClH/c1-13-8-5-7(3-4-11)6-9(14-2)10(8)12;/h5-6,12H,3-4,11H2,1-2H3;1H. The van der Waals surface area contributed by atoms with Gasteiger partial charge in [-0.1, -0.05) is 0 Å². The van der Waals surface area contributed by atoms with Crippen molar-refractivity contribution in [1.29, 1.82) is 0 Å². The van der Waals surface area contributed by atoms with Crippen LogP contribution in [0.15, 0.2) is 12.1 Å². The first-order valence-corrected chi connectivity index (χ1v) is 4.36. The average molecular weight is 234 g/mol. The Kier molecular flexibility index (Phi) is 5.89. The van der Waals surface area contributed by atoms with Crippen LogP contribution in [0.1, 0.15) is 5.56 Å². The van der Waals surface area contributed by atoms with Crippen LogP contribution in [0.25, 0.3) is 0 Å². The number of aromatic hydroxyl groups is 1. The highest BCUT2D eigenvalue weighted by molar-refractivity contribution is 5.85. The Balaban J connectivity index is 0.00000196. The zero-order valence-corrected chi connectivity index (χ0v) is 9.63. The van der Waals surface area contributed by atoms with Gasteiger partial charge in [-0.15, -0.1) is 12.4 Å². The van der Waals surface area contributed by atoms with Gasteiger partial charge < -0.3 is 20.3 Å². The smallest absolute Gasteiger partial charge is 0.200 e. The van der Waals surface area contributed by atoms with Crippen molar-refractivity contribution < 1.29 is 14.6 Å². The molecule has 0 amide bonds. The van der Waals surface area contributed by atoms with Gasteiger partial charge in [0.2, 0.25) is 5.75 Å². The lowest BCUT2D eigenvalue weighted by atomic mass is 10.1. The van der Waals surface area contributed by atoms with Crippen LogP contribution in [0.4, 0.5) is 0 Å². The lowest BCUT2D eigenvalue weighted by Gasteiger charge is -2.10. The molecule has 0 fully saturated rings. The molecule has 1 aromatic rings. The molecule has 0 spiro atoms. The van der Waals surface area contributed by atoms with Crippen molar-refractivity contribution in [3.05, 3.63) is 17.7 Å². The van der Waals surface area contributed by atoms with Crippen molar-refractivity contribution in [2.24, 2.45) is 5.73 Å². The number of nitrogens with two attached hydrogens (primary N) is 1. The predicted molar refractivity (Wildman–Crippen MR) is 61.2 cm³/mol. The fraction of sp³-hybridized carbons (Fsp3) is 0.400. The van der Waals surface area contributed by atoms with Gasteiger partial charge in [0, 0.05) is 0 Å². The molecule has 0 aliphatic rings. The van der Waals surface area contributed by atoms with Gasteiger partial charge in [-0.25, -0.2) is 0 Å². The van der Waals surface area contributed by atoms with Gasteiger partial charge in [-0.05, 0) is 30.7 Å². The van der Waals surface area contributed by atoms with Crippen molar-refractivity contribution in [2.45, 2.75) is 6.42 Å². The molecule has 3 N–H and O–H groups in total. The highest BCUT2D eigenvalue weighted by Gasteiger charge is 2.10. The highest BCUT2D eigenvalue weighted by Crippen LogP contribution is 2.36. The SMILES string of the molecule is COc1cc(CCN)cc(OC)c1O.Cl. The fourth-order valence-corrected chi connectivity index (χ4v) is 1.26. The molecule has 4 nitrogen and oxygen atoms in total. The van der Waals surface area contributed by atoms with Crippen molar-refractivity contribution in [3.8, 4) is 17.2 Å². The molecule has 0 radical (unpaired) electrons. The summed E-state index contributed by atoms with van der Waals surface area (Å²) in [5, 5.41) is 9.60. The number of hydrogen-bond acceptors (Lipinski definition) is 4. The number of halogens is 1. The fourth-order valence-electron chi connectivity index (χ4n) is 1.26. The Hall–Kier alpha value is -1.13. The van der Waals surface area contributed by atoms with Crippen LogP contribution in [0.3, 0.4) is 0 Å². The molecule has 0 heterocycles. The Bertz CT molecular complexity index is 293. The van der Waals surface area contributed by atoms with E-state index in [0.717, 1.165) is 12.0 Å². The summed E-state index contributed by atoms with van der Waals surface area (Å²) in [7, 11) is 3.00. The Morgan fingerprint density at radius 2 is 1.67 bits per heavy atom. The predicted octanol–water partition coefficient (Wildman–Crippen LogP) is 1.33. The quantitative estimate of drug-likeness (QED) is 0.824. The van der Waals surface area contributed by atoms with Crippen LogP contribution >= 0.6 is 12.4 Å². The van der Waals surface area contributed by atoms with Crippen LogP contribution in [0, 0.1) is 0 Å². The van der Waals surface area contributed by atoms with Crippen molar-refractivity contribution >= 4 is 12.4 Å². The molecule has 0 aliphatic heterocycles. The number of phenolic OH excluding ortho intramolecular Hbond substituents is 1. The van der Waals surface area contributed by atoms with Crippen molar-refractivity contribution in [2.75, 3.05) is 20.8 Å². The van der Waals surface area contributed by atoms with E-state index in [1.54, 1.807) is 12.1 Å². The van der Waals surface area contributed by atoms with E-state index in [2.05, 4.69) is 0 Å². The molecule has 86 valence electrons. The molecule has 0 saturated heterocycles. The number of rotatable bonds is 4. The first-order chi connectivity index (χ1) is 6.72. The first kappa shape index (κ1) is 13.9. The summed E-state index contributed by atoms with van der Waals surface area (Å²) in [5.41, 5.74) is 6.42. The number of benzene rings is 1. The zero-order chi connectivity index (χ0) is 10.6. The van der Waals surface area contributed by atoms with Crippen LogP contribution in [-0.4, -0.2) is 25.9 Å². The first-order valence-electron chi connectivity index (χ1n) is 4.36. The van der Waals surface area contributed by atoms with Crippen LogP contribution in [-0.2, 0) is 6.42 Å². The molecule has 5 heteroatoms. The van der Waals surface area contributed by atoms with Crippen LogP contribution in [0.5, 0.6) is 17.2 Å². The van der Waals surface area contributed by atoms with E-state index in [1.165, 1.54) is 14.2 Å². The maximum absolute atomic E-state index is 9.60. The number of ether oxygens (including phenoxy) is 2. The molecular formula is C10H16ClNO3. The minimum atomic E-state index is 0. The Morgan fingerprint density at radius 3 is 2.00 bits per heavy atom. The van der Waals surface area contributed by atoms with Crippen LogP contribution in [0.2, 0.25) is 0 Å². The third-order valence-electron chi connectivity index (χ3n) is 1.97. The molecule has 0 saturated carbocycles. The van der Waals surface area contributed by atoms with Crippen molar-refractivity contribution in [1.82, 2.24) is 0 Å². The molecule has 0 aromatic heterocycles. The van der Waals surface area contributed by atoms with Gasteiger partial charge in [-0.2, -0.15) is 0 Å². The lowest BCUT2D eigenvalue weighted by molar-refractivity contribution is 0.339. The van der Waals surface area contributed by atoms with E-state index >= 15 is 0 Å². The zero-order valence-electron chi connectivity index (χ0n) is 8.82. The van der Waals surface area contributed by atoms with Gasteiger partial charge in [0.15, 0.2) is 11.5 Å². The second kappa shape index (κ2) is 6.37. The molecular weight excluding hydrogens is 218 g/mol. The van der Waals surface area contributed by atoms with Crippen molar-refractivity contribution in [3.63, 3.8) is 0 Å². The largest absolute Gasteiger partial charge is 0.502 e. The molecule has 1 rings (SSSR count). The van der Waals surface area contributed by atoms with Gasteiger partial charge in [0.25, 0.3) is 0 Å². The summed E-state index contributed by atoms with van der Waals surface area (Å²) in [6.45, 7) is 0.553. The topological polar surface area (TPSA) is 64.7 Å². The van der Waals surface area contributed by atoms with Gasteiger partial charge in [0.05, 0.1) is 14.2 Å². The maximum atomic E-state index is 9.60. The monoisotopic (exact) mass is 233 g/mol. The molecule has 0 atom stereocenters. The molecule has 0 bridgehead atoms. The summed E-state index contributed by atoms with van der Waals surface area (Å²) in [6.07, 6.45) is 0.729. The van der Waals surface area contributed by atoms with E-state index in [0.29, 0.717) is 18.0 Å².